The summed E-state index contributed by atoms with van der Waals surface area (Å²) in [7, 11) is -4.77. The van der Waals surface area contributed by atoms with Gasteiger partial charge in [0.15, 0.2) is 14.6 Å². The number of nitriles is 1. The summed E-state index contributed by atoms with van der Waals surface area (Å²) in [5, 5.41) is 9.32. The predicted octanol–water partition coefficient (Wildman–Crippen LogP) is 2.21. The molecular weight excluding hydrogens is 222 g/mol. The highest BCUT2D eigenvalue weighted by atomic mass is 32.2. The summed E-state index contributed by atoms with van der Waals surface area (Å²) >= 11 is 0. The second-order valence-corrected chi connectivity index (χ2v) is 5.58. The third kappa shape index (κ3) is 1.43. The van der Waals surface area contributed by atoms with Crippen molar-refractivity contribution in [3.63, 3.8) is 0 Å². The molecule has 1 aromatic rings. The minimum absolute atomic E-state index is 0.414. The van der Waals surface area contributed by atoms with E-state index in [0.29, 0.717) is 0 Å². The third-order valence-electron chi connectivity index (χ3n) is 2.37. The van der Waals surface area contributed by atoms with Crippen LogP contribution in [0.3, 0.4) is 0 Å². The maximum absolute atomic E-state index is 12.7. The number of aryl methyl sites for hydroxylation is 1. The molecule has 1 saturated carbocycles. The normalized spacial score (nSPS) is 33.5. The molecule has 0 aliphatic heterocycles. The molecule has 4 heteroatoms. The van der Waals surface area contributed by atoms with Gasteiger partial charge in [-0.3, -0.25) is 0 Å². The van der Waals surface area contributed by atoms with E-state index in [9.17, 15) is 13.7 Å². The largest absolute Gasteiger partial charge is 0.222 e. The first-order valence-electron chi connectivity index (χ1n) is 7.54. The van der Waals surface area contributed by atoms with Gasteiger partial charge in [-0.15, -0.1) is 0 Å². The molecule has 3 nitrogen and oxygen atoms in total. The number of nitrogens with zero attached hydrogens (tertiary/aromatic N) is 1. The number of rotatable bonds is 2. The van der Waals surface area contributed by atoms with Gasteiger partial charge in [0.1, 0.15) is 0 Å². The van der Waals surface area contributed by atoms with Crippen LogP contribution in [-0.4, -0.2) is 13.2 Å². The third-order valence-corrected chi connectivity index (χ3v) is 4.36. The Hall–Kier alpha value is -1.34. The molecule has 0 radical (unpaired) electrons. The van der Waals surface area contributed by atoms with Gasteiger partial charge in [-0.2, -0.15) is 5.26 Å². The summed E-state index contributed by atoms with van der Waals surface area (Å²) in [5.74, 6) is 0. The van der Waals surface area contributed by atoms with E-state index in [0.717, 1.165) is 17.7 Å². The van der Waals surface area contributed by atoms with Crippen LogP contribution in [0.1, 0.15) is 32.9 Å². The van der Waals surface area contributed by atoms with Crippen LogP contribution < -0.4 is 0 Å². The molecule has 0 heterocycles. The molecule has 0 bridgehead atoms. The number of sulfone groups is 1. The van der Waals surface area contributed by atoms with Crippen LogP contribution in [0.25, 0.3) is 0 Å². The van der Waals surface area contributed by atoms with Crippen molar-refractivity contribution >= 4 is 9.84 Å². The van der Waals surface area contributed by atoms with Crippen LogP contribution in [-0.2, 0) is 9.84 Å². The van der Waals surface area contributed by atoms with Crippen LogP contribution >= 0.6 is 0 Å². The van der Waals surface area contributed by atoms with Crippen molar-refractivity contribution < 1.29 is 16.6 Å². The summed E-state index contributed by atoms with van der Waals surface area (Å²) in [6.07, 6.45) is -9.49. The second-order valence-electron chi connectivity index (χ2n) is 3.48. The van der Waals surface area contributed by atoms with E-state index in [1.165, 1.54) is 18.2 Å². The lowest BCUT2D eigenvalue weighted by Gasteiger charge is -2.34. The van der Waals surface area contributed by atoms with E-state index in [2.05, 4.69) is 0 Å². The van der Waals surface area contributed by atoms with Gasteiger partial charge < -0.3 is 0 Å². The first-order chi connectivity index (χ1) is 9.81. The van der Waals surface area contributed by atoms with Crippen molar-refractivity contribution in [1.82, 2.24) is 0 Å². The first-order valence-corrected chi connectivity index (χ1v) is 6.02. The van der Waals surface area contributed by atoms with Gasteiger partial charge in [0.05, 0.1) is 11.0 Å². The van der Waals surface area contributed by atoms with Crippen molar-refractivity contribution in [2.24, 2.45) is 0 Å². The number of hydrogen-bond donors (Lipinski definition) is 0. The van der Waals surface area contributed by atoms with Crippen molar-refractivity contribution in [2.45, 2.75) is 35.7 Å². The second kappa shape index (κ2) is 3.60. The van der Waals surface area contributed by atoms with E-state index in [-0.39, 0.29) is 0 Å². The highest BCUT2D eigenvalue weighted by Crippen LogP contribution is 2.42. The maximum Gasteiger partial charge on any atom is 0.197 e. The molecule has 0 atom stereocenters. The minimum Gasteiger partial charge on any atom is -0.222 e. The number of hydrogen-bond acceptors (Lipinski definition) is 3. The van der Waals surface area contributed by atoms with E-state index in [1.54, 1.807) is 6.92 Å². The van der Waals surface area contributed by atoms with Crippen molar-refractivity contribution in [3.8, 4) is 6.07 Å². The van der Waals surface area contributed by atoms with Gasteiger partial charge in [-0.1, -0.05) is 17.7 Å². The summed E-state index contributed by atoms with van der Waals surface area (Å²) in [6.45, 7) is 1.71. The minimum atomic E-state index is -4.77. The molecule has 0 aromatic heterocycles. The Morgan fingerprint density at radius 2 is 1.94 bits per heavy atom. The number of benzene rings is 1. The van der Waals surface area contributed by atoms with Gasteiger partial charge in [0.2, 0.25) is 0 Å². The van der Waals surface area contributed by atoms with E-state index in [1.807, 2.05) is 0 Å². The van der Waals surface area contributed by atoms with Gasteiger partial charge in [-0.05, 0) is 38.2 Å². The average molecular weight is 241 g/mol. The van der Waals surface area contributed by atoms with Gasteiger partial charge in [0.25, 0.3) is 0 Å². The average Bonchev–Trinajstić information content (AvgIpc) is 2.38. The summed E-state index contributed by atoms with van der Waals surface area (Å²) in [6, 6.07) is 6.42. The van der Waals surface area contributed by atoms with E-state index < -0.39 is 38.6 Å². The molecule has 84 valence electrons. The molecule has 0 saturated heterocycles. The van der Waals surface area contributed by atoms with Crippen molar-refractivity contribution in [1.29, 1.82) is 5.26 Å². The zero-order valence-corrected chi connectivity index (χ0v) is 9.30. The van der Waals surface area contributed by atoms with Gasteiger partial charge in [-0.25, -0.2) is 8.42 Å². The van der Waals surface area contributed by atoms with Crippen LogP contribution in [0.5, 0.6) is 0 Å². The van der Waals surface area contributed by atoms with Crippen molar-refractivity contribution in [3.05, 3.63) is 29.8 Å². The van der Waals surface area contributed by atoms with E-state index in [4.69, 9.17) is 8.22 Å². The quantitative estimate of drug-likeness (QED) is 0.797. The molecule has 1 aliphatic carbocycles. The zero-order chi connectivity index (χ0) is 17.2. The summed E-state index contributed by atoms with van der Waals surface area (Å²) < 4.78 is 68.2. The van der Waals surface area contributed by atoms with Crippen LogP contribution in [0, 0.1) is 18.3 Å². The Kier molecular flexibility index (Phi) is 1.31. The zero-order valence-electron chi connectivity index (χ0n) is 14.5. The van der Waals surface area contributed by atoms with Crippen LogP contribution in [0.2, 0.25) is 0 Å². The summed E-state index contributed by atoms with van der Waals surface area (Å²) in [4.78, 5) is -0.414. The Balaban J connectivity index is 2.77. The molecule has 0 unspecified atom stereocenters. The summed E-state index contributed by atoms with van der Waals surface area (Å²) in [5.41, 5.74) is 0.736. The lowest BCUT2D eigenvalue weighted by molar-refractivity contribution is 0.406. The first kappa shape index (κ1) is 5.83. The highest BCUT2D eigenvalue weighted by molar-refractivity contribution is 7.93. The molecule has 1 fully saturated rings. The van der Waals surface area contributed by atoms with Crippen molar-refractivity contribution in [2.75, 3.05) is 0 Å². The maximum atomic E-state index is 12.7. The Bertz CT molecular complexity index is 746. The molecule has 1 aliphatic rings. The van der Waals surface area contributed by atoms with Crippen LogP contribution in [0.4, 0.5) is 0 Å². The molecule has 16 heavy (non-hydrogen) atoms. The fraction of sp³-hybridized carbons (Fsp3) is 0.417. The molecule has 0 spiro atoms. The monoisotopic (exact) mass is 241 g/mol. The molecule has 0 N–H and O–H groups in total. The molecule has 2 rings (SSSR count). The molecule has 1 aromatic carbocycles. The lowest BCUT2D eigenvalue weighted by atomic mass is 9.86. The fourth-order valence-electron chi connectivity index (χ4n) is 1.32. The highest BCUT2D eigenvalue weighted by Gasteiger charge is 2.50. The lowest BCUT2D eigenvalue weighted by Crippen LogP contribution is -2.43. The molecule has 0 amide bonds. The fourth-order valence-corrected chi connectivity index (χ4v) is 2.66. The Morgan fingerprint density at radius 3 is 2.44 bits per heavy atom. The SMILES string of the molecule is [2H]C1([2H])C([2H])([2H])C(C#N)(S(=O)(=O)c2ccc(C)cc2)C1([2H])[2H]. The van der Waals surface area contributed by atoms with Crippen LogP contribution in [0.15, 0.2) is 29.2 Å². The van der Waals surface area contributed by atoms with E-state index >= 15 is 0 Å². The standard InChI is InChI=1S/C12H13NO2S/c1-10-3-5-11(6-4-10)16(14,15)12(9-13)7-2-8-12/h3-6H,2,7-8H2,1H3/i2D2,7D2,8D2. The smallest absolute Gasteiger partial charge is 0.197 e. The van der Waals surface area contributed by atoms with Gasteiger partial charge >= 0.3 is 0 Å². The molecular formula is C12H13NO2S. The Labute approximate surface area is 104 Å². The topological polar surface area (TPSA) is 57.9 Å². The predicted molar refractivity (Wildman–Crippen MR) is 60.6 cm³/mol. The Morgan fingerprint density at radius 1 is 1.38 bits per heavy atom. The van der Waals surface area contributed by atoms with Gasteiger partial charge in [0, 0.05) is 8.22 Å².